The summed E-state index contributed by atoms with van der Waals surface area (Å²) in [6, 6.07) is 2.18. The van der Waals surface area contributed by atoms with Crippen LogP contribution >= 0.6 is 11.8 Å². The van der Waals surface area contributed by atoms with E-state index >= 15 is 0 Å². The quantitative estimate of drug-likeness (QED) is 0.655. The molecule has 1 saturated heterocycles. The van der Waals surface area contributed by atoms with E-state index in [1.807, 2.05) is 6.20 Å². The molecule has 1 unspecified atom stereocenters. The van der Waals surface area contributed by atoms with Crippen LogP contribution in [0.1, 0.15) is 23.7 Å². The second kappa shape index (κ2) is 2.70. The minimum absolute atomic E-state index is 0.784. The van der Waals surface area contributed by atoms with Gasteiger partial charge in [0.1, 0.15) is 0 Å². The van der Waals surface area contributed by atoms with Crippen LogP contribution in [0.5, 0.6) is 0 Å². The molecule has 2 rings (SSSR count). The van der Waals surface area contributed by atoms with Crippen molar-refractivity contribution < 1.29 is 0 Å². The Morgan fingerprint density at radius 1 is 1.60 bits per heavy atom. The Bertz CT molecular complexity index is 187. The van der Waals surface area contributed by atoms with Crippen LogP contribution in [0.4, 0.5) is 0 Å². The molecular formula is C8H11NS. The molecule has 1 aliphatic heterocycles. The van der Waals surface area contributed by atoms with Gasteiger partial charge in [-0.05, 0) is 30.2 Å². The molecule has 1 aliphatic rings. The van der Waals surface area contributed by atoms with E-state index in [9.17, 15) is 0 Å². The Balaban J connectivity index is 2.12. The lowest BCUT2D eigenvalue weighted by Gasteiger charge is -2.02. The summed E-state index contributed by atoms with van der Waals surface area (Å²) in [5.41, 5.74) is 1.47. The van der Waals surface area contributed by atoms with Crippen LogP contribution in [0.25, 0.3) is 0 Å². The van der Waals surface area contributed by atoms with Crippen LogP contribution in [-0.4, -0.2) is 10.7 Å². The number of H-pyrrole nitrogens is 1. The first-order valence-electron chi connectivity index (χ1n) is 3.71. The fraction of sp³-hybridized carbons (Fsp3) is 0.500. The molecule has 0 radical (unpaired) electrons. The summed E-state index contributed by atoms with van der Waals surface area (Å²) >= 11 is 2.08. The highest BCUT2D eigenvalue weighted by atomic mass is 32.2. The topological polar surface area (TPSA) is 15.8 Å². The van der Waals surface area contributed by atoms with E-state index in [1.165, 1.54) is 24.2 Å². The molecule has 0 aromatic carbocycles. The number of aromatic nitrogens is 1. The average Bonchev–Trinajstić information content (AvgIpc) is 2.59. The number of hydrogen-bond donors (Lipinski definition) is 1. The van der Waals surface area contributed by atoms with Gasteiger partial charge in [-0.25, -0.2) is 0 Å². The van der Waals surface area contributed by atoms with Gasteiger partial charge in [0.15, 0.2) is 0 Å². The molecule has 2 heteroatoms. The standard InChI is InChI=1S/C8H11NS/c1-2-8(10-5-1)7-3-4-9-6-7/h3-4,6,8-9H,1-2,5H2. The molecular weight excluding hydrogens is 142 g/mol. The molecule has 0 aliphatic carbocycles. The van der Waals surface area contributed by atoms with Gasteiger partial charge in [0.25, 0.3) is 0 Å². The first-order valence-corrected chi connectivity index (χ1v) is 4.76. The van der Waals surface area contributed by atoms with E-state index in [-0.39, 0.29) is 0 Å². The maximum absolute atomic E-state index is 3.09. The highest BCUT2D eigenvalue weighted by Gasteiger charge is 2.16. The smallest absolute Gasteiger partial charge is 0.0312 e. The largest absolute Gasteiger partial charge is 0.367 e. The van der Waals surface area contributed by atoms with Crippen molar-refractivity contribution in [3.05, 3.63) is 24.0 Å². The number of nitrogens with one attached hydrogen (secondary N) is 1. The van der Waals surface area contributed by atoms with Crippen molar-refractivity contribution in [1.29, 1.82) is 0 Å². The molecule has 1 aromatic heterocycles. The molecule has 2 heterocycles. The molecule has 54 valence electrons. The van der Waals surface area contributed by atoms with Gasteiger partial charge in [-0.1, -0.05) is 0 Å². The van der Waals surface area contributed by atoms with Gasteiger partial charge in [-0.2, -0.15) is 11.8 Å². The van der Waals surface area contributed by atoms with Crippen molar-refractivity contribution in [3.8, 4) is 0 Å². The maximum atomic E-state index is 3.09. The summed E-state index contributed by atoms with van der Waals surface area (Å²) in [7, 11) is 0. The molecule has 1 nitrogen and oxygen atoms in total. The van der Waals surface area contributed by atoms with Gasteiger partial charge in [-0.3, -0.25) is 0 Å². The molecule has 0 spiro atoms. The average molecular weight is 153 g/mol. The molecule has 1 atom stereocenters. The number of thioether (sulfide) groups is 1. The second-order valence-corrected chi connectivity index (χ2v) is 3.96. The lowest BCUT2D eigenvalue weighted by molar-refractivity contribution is 0.830. The SMILES string of the molecule is c1cc(C2CCCS2)c[nH]1. The van der Waals surface area contributed by atoms with Gasteiger partial charge >= 0.3 is 0 Å². The van der Waals surface area contributed by atoms with E-state index in [0.29, 0.717) is 0 Å². The third kappa shape index (κ3) is 1.08. The summed E-state index contributed by atoms with van der Waals surface area (Å²) in [6.07, 6.45) is 6.88. The molecule has 0 bridgehead atoms. The molecule has 1 fully saturated rings. The highest BCUT2D eigenvalue weighted by Crippen LogP contribution is 2.39. The summed E-state index contributed by atoms with van der Waals surface area (Å²) in [5, 5.41) is 0.784. The number of rotatable bonds is 1. The fourth-order valence-electron chi connectivity index (χ4n) is 1.38. The number of aromatic amines is 1. The van der Waals surface area contributed by atoms with E-state index in [2.05, 4.69) is 29.0 Å². The Hall–Kier alpha value is -0.370. The van der Waals surface area contributed by atoms with Gasteiger partial charge in [-0.15, -0.1) is 0 Å². The maximum Gasteiger partial charge on any atom is 0.0312 e. The summed E-state index contributed by atoms with van der Waals surface area (Å²) in [4.78, 5) is 3.09. The molecule has 1 aromatic rings. The predicted molar refractivity (Wildman–Crippen MR) is 45.2 cm³/mol. The van der Waals surface area contributed by atoms with Crippen molar-refractivity contribution in [2.75, 3.05) is 5.75 Å². The van der Waals surface area contributed by atoms with E-state index in [0.717, 1.165) is 5.25 Å². The molecule has 1 N–H and O–H groups in total. The van der Waals surface area contributed by atoms with Gasteiger partial charge < -0.3 is 4.98 Å². The molecule has 0 saturated carbocycles. The Labute approximate surface area is 65.2 Å². The van der Waals surface area contributed by atoms with Gasteiger partial charge in [0, 0.05) is 17.6 Å². The lowest BCUT2D eigenvalue weighted by Crippen LogP contribution is -1.82. The van der Waals surface area contributed by atoms with Gasteiger partial charge in [0.05, 0.1) is 0 Å². The minimum Gasteiger partial charge on any atom is -0.367 e. The molecule has 0 amide bonds. The second-order valence-electron chi connectivity index (χ2n) is 2.65. The Morgan fingerprint density at radius 2 is 2.60 bits per heavy atom. The normalized spacial score (nSPS) is 25.4. The van der Waals surface area contributed by atoms with E-state index < -0.39 is 0 Å². The summed E-state index contributed by atoms with van der Waals surface area (Å²) in [5.74, 6) is 1.34. The molecule has 10 heavy (non-hydrogen) atoms. The monoisotopic (exact) mass is 153 g/mol. The third-order valence-corrected chi connectivity index (χ3v) is 3.36. The zero-order valence-electron chi connectivity index (χ0n) is 5.84. The van der Waals surface area contributed by atoms with Crippen molar-refractivity contribution >= 4 is 11.8 Å². The first kappa shape index (κ1) is 6.35. The zero-order chi connectivity index (χ0) is 6.81. The highest BCUT2D eigenvalue weighted by molar-refractivity contribution is 7.99. The fourth-order valence-corrected chi connectivity index (χ4v) is 2.67. The van der Waals surface area contributed by atoms with Crippen molar-refractivity contribution in [1.82, 2.24) is 4.98 Å². The minimum atomic E-state index is 0.784. The van der Waals surface area contributed by atoms with Crippen molar-refractivity contribution in [2.45, 2.75) is 18.1 Å². The van der Waals surface area contributed by atoms with Crippen LogP contribution in [0.3, 0.4) is 0 Å². The van der Waals surface area contributed by atoms with Crippen LogP contribution in [0.15, 0.2) is 18.5 Å². The van der Waals surface area contributed by atoms with Crippen LogP contribution in [0, 0.1) is 0 Å². The first-order chi connectivity index (χ1) is 4.97. The predicted octanol–water partition coefficient (Wildman–Crippen LogP) is 2.58. The zero-order valence-corrected chi connectivity index (χ0v) is 6.66. The lowest BCUT2D eigenvalue weighted by atomic mass is 10.1. The third-order valence-electron chi connectivity index (χ3n) is 1.92. The Kier molecular flexibility index (Phi) is 1.72. The van der Waals surface area contributed by atoms with E-state index in [4.69, 9.17) is 0 Å². The van der Waals surface area contributed by atoms with E-state index in [1.54, 1.807) is 0 Å². The number of hydrogen-bond acceptors (Lipinski definition) is 1. The van der Waals surface area contributed by atoms with Crippen molar-refractivity contribution in [2.24, 2.45) is 0 Å². The summed E-state index contributed by atoms with van der Waals surface area (Å²) < 4.78 is 0. The summed E-state index contributed by atoms with van der Waals surface area (Å²) in [6.45, 7) is 0. The van der Waals surface area contributed by atoms with Crippen molar-refractivity contribution in [3.63, 3.8) is 0 Å². The van der Waals surface area contributed by atoms with Crippen LogP contribution < -0.4 is 0 Å². The Morgan fingerprint density at radius 3 is 3.20 bits per heavy atom. The van der Waals surface area contributed by atoms with Gasteiger partial charge in [0.2, 0.25) is 0 Å². The van der Waals surface area contributed by atoms with Crippen LogP contribution in [-0.2, 0) is 0 Å². The van der Waals surface area contributed by atoms with Crippen LogP contribution in [0.2, 0.25) is 0 Å².